The van der Waals surface area contributed by atoms with Crippen molar-refractivity contribution >= 4 is 44.9 Å². The fourth-order valence-electron chi connectivity index (χ4n) is 5.40. The molecule has 0 bridgehead atoms. The van der Waals surface area contributed by atoms with Crippen LogP contribution in [0.2, 0.25) is 0 Å². The minimum Gasteiger partial charge on any atom is -0.423 e. The molecule has 6 rings (SSSR count). The number of hydrogen-bond acceptors (Lipinski definition) is 2. The number of fused-ring (bicyclic) bond motifs is 2. The van der Waals surface area contributed by atoms with Crippen LogP contribution in [0.1, 0.15) is 17.5 Å². The van der Waals surface area contributed by atoms with Gasteiger partial charge in [0.2, 0.25) is 0 Å². The third-order valence-corrected chi connectivity index (χ3v) is 6.61. The molecule has 0 aliphatic heterocycles. The summed E-state index contributed by atoms with van der Waals surface area (Å²) in [7, 11) is -1.52. The second-order valence-electron chi connectivity index (χ2n) is 8.22. The molecule has 0 heterocycles. The smallest absolute Gasteiger partial charge is 0.423 e. The predicted molar refractivity (Wildman–Crippen MR) is 126 cm³/mol. The molecule has 0 atom stereocenters. The maximum Gasteiger partial charge on any atom is 0.489 e. The Morgan fingerprint density at radius 2 is 1.13 bits per heavy atom. The highest BCUT2D eigenvalue weighted by molar-refractivity contribution is 6.66. The molecule has 5 aromatic rings. The average molecular weight is 388 g/mol. The summed E-state index contributed by atoms with van der Waals surface area (Å²) in [5, 5.41) is 27.0. The molecule has 0 amide bonds. The molecular weight excluding hydrogens is 367 g/mol. The first-order chi connectivity index (χ1) is 14.7. The number of aryl methyl sites for hydroxylation is 2. The Kier molecular flexibility index (Phi) is 3.95. The summed E-state index contributed by atoms with van der Waals surface area (Å²) in [5.74, 6) is 0. The van der Waals surface area contributed by atoms with Gasteiger partial charge in [-0.25, -0.2) is 0 Å². The van der Waals surface area contributed by atoms with E-state index in [0.717, 1.165) is 34.4 Å². The third-order valence-electron chi connectivity index (χ3n) is 6.61. The Balaban J connectivity index is 1.83. The second kappa shape index (κ2) is 6.70. The third kappa shape index (κ3) is 2.46. The Morgan fingerprint density at radius 3 is 1.77 bits per heavy atom. The predicted octanol–water partition coefficient (Wildman–Crippen LogP) is 4.98. The van der Waals surface area contributed by atoms with Gasteiger partial charge in [-0.15, -0.1) is 0 Å². The van der Waals surface area contributed by atoms with Gasteiger partial charge in [0.1, 0.15) is 0 Å². The van der Waals surface area contributed by atoms with Gasteiger partial charge >= 0.3 is 7.12 Å². The number of benzene rings is 5. The Morgan fingerprint density at radius 1 is 0.567 bits per heavy atom. The minimum atomic E-state index is -1.52. The van der Waals surface area contributed by atoms with Crippen molar-refractivity contribution in [1.29, 1.82) is 0 Å². The molecule has 1 aliphatic carbocycles. The summed E-state index contributed by atoms with van der Waals surface area (Å²) < 4.78 is 0. The minimum absolute atomic E-state index is 0.577. The van der Waals surface area contributed by atoms with Crippen LogP contribution in [-0.4, -0.2) is 17.2 Å². The normalized spacial score (nSPS) is 13.3. The molecule has 5 aromatic carbocycles. The number of rotatable bonds is 2. The monoisotopic (exact) mass is 388 g/mol. The van der Waals surface area contributed by atoms with Gasteiger partial charge in [0.15, 0.2) is 0 Å². The summed E-state index contributed by atoms with van der Waals surface area (Å²) in [6.45, 7) is 0. The van der Waals surface area contributed by atoms with Gasteiger partial charge < -0.3 is 10.0 Å². The Bertz CT molecular complexity index is 1390. The van der Waals surface area contributed by atoms with Crippen LogP contribution in [0.4, 0.5) is 0 Å². The molecular formula is C27H21BO2. The zero-order valence-corrected chi connectivity index (χ0v) is 16.6. The molecule has 1 aliphatic rings. The van der Waals surface area contributed by atoms with Gasteiger partial charge in [-0.05, 0) is 79.3 Å². The van der Waals surface area contributed by atoms with Gasteiger partial charge in [-0.1, -0.05) is 78.9 Å². The topological polar surface area (TPSA) is 40.5 Å². The summed E-state index contributed by atoms with van der Waals surface area (Å²) in [6, 6.07) is 27.4. The summed E-state index contributed by atoms with van der Waals surface area (Å²) >= 11 is 0. The molecule has 0 spiro atoms. The largest absolute Gasteiger partial charge is 0.489 e. The van der Waals surface area contributed by atoms with Crippen molar-refractivity contribution in [1.82, 2.24) is 0 Å². The molecule has 0 radical (unpaired) electrons. The van der Waals surface area contributed by atoms with Crippen LogP contribution in [0.25, 0.3) is 43.4 Å². The number of hydrogen-bond donors (Lipinski definition) is 2. The van der Waals surface area contributed by atoms with Crippen molar-refractivity contribution in [3.8, 4) is 11.1 Å². The van der Waals surface area contributed by atoms with Crippen LogP contribution < -0.4 is 5.46 Å². The highest BCUT2D eigenvalue weighted by Crippen LogP contribution is 2.41. The first kappa shape index (κ1) is 17.7. The molecule has 2 N–H and O–H groups in total. The van der Waals surface area contributed by atoms with E-state index < -0.39 is 7.12 Å². The van der Waals surface area contributed by atoms with Gasteiger partial charge in [0.05, 0.1) is 0 Å². The zero-order chi connectivity index (χ0) is 20.2. The lowest BCUT2D eigenvalue weighted by atomic mass is 9.72. The van der Waals surface area contributed by atoms with Crippen LogP contribution in [0, 0.1) is 0 Å². The summed E-state index contributed by atoms with van der Waals surface area (Å²) in [4.78, 5) is 0. The van der Waals surface area contributed by atoms with Crippen molar-refractivity contribution in [2.24, 2.45) is 0 Å². The van der Waals surface area contributed by atoms with E-state index in [4.69, 9.17) is 0 Å². The first-order valence-electron chi connectivity index (χ1n) is 10.6. The second-order valence-corrected chi connectivity index (χ2v) is 8.22. The van der Waals surface area contributed by atoms with E-state index in [0.29, 0.717) is 5.46 Å². The molecule has 0 saturated heterocycles. The van der Waals surface area contributed by atoms with Gasteiger partial charge in [-0.2, -0.15) is 0 Å². The lowest BCUT2D eigenvalue weighted by Crippen LogP contribution is -2.31. The van der Waals surface area contributed by atoms with Crippen molar-refractivity contribution in [2.75, 3.05) is 0 Å². The zero-order valence-electron chi connectivity index (χ0n) is 16.6. The molecule has 3 heteroatoms. The van der Waals surface area contributed by atoms with E-state index in [1.807, 2.05) is 36.4 Å². The van der Waals surface area contributed by atoms with Crippen LogP contribution in [0.3, 0.4) is 0 Å². The molecule has 2 nitrogen and oxygen atoms in total. The van der Waals surface area contributed by atoms with Crippen LogP contribution in [0.5, 0.6) is 0 Å². The van der Waals surface area contributed by atoms with Crippen molar-refractivity contribution in [3.05, 3.63) is 90.0 Å². The Hall–Kier alpha value is -3.14. The fourth-order valence-corrected chi connectivity index (χ4v) is 5.40. The molecule has 0 fully saturated rings. The van der Waals surface area contributed by atoms with E-state index in [9.17, 15) is 10.0 Å². The standard InChI is InChI=1S/C27H21BO2/c29-28(30)27-23-12-3-1-10-20(23)26(21-11-2-4-13-24(21)27)22-16-15-18-8-5-7-17-9-6-14-19(22)25(17)18/h1-4,6,9-16,29-30H,5,7-8H2. The van der Waals surface area contributed by atoms with Crippen molar-refractivity contribution in [3.63, 3.8) is 0 Å². The maximum absolute atomic E-state index is 10.2. The maximum atomic E-state index is 10.2. The van der Waals surface area contributed by atoms with E-state index >= 15 is 0 Å². The molecule has 0 saturated carbocycles. The lowest BCUT2D eigenvalue weighted by molar-refractivity contribution is 0.426. The van der Waals surface area contributed by atoms with Crippen LogP contribution in [0.15, 0.2) is 78.9 Å². The molecule has 0 aromatic heterocycles. The quantitative estimate of drug-likeness (QED) is 0.331. The van der Waals surface area contributed by atoms with Crippen LogP contribution >= 0.6 is 0 Å². The molecule has 30 heavy (non-hydrogen) atoms. The van der Waals surface area contributed by atoms with Gasteiger partial charge in [0.25, 0.3) is 0 Å². The summed E-state index contributed by atoms with van der Waals surface area (Å²) in [5.41, 5.74) is 5.83. The Labute approximate surface area is 175 Å². The lowest BCUT2D eigenvalue weighted by Gasteiger charge is -2.22. The van der Waals surface area contributed by atoms with Crippen LogP contribution in [-0.2, 0) is 12.8 Å². The van der Waals surface area contributed by atoms with E-state index in [1.165, 1.54) is 39.4 Å². The fraction of sp³-hybridized carbons (Fsp3) is 0.111. The summed E-state index contributed by atoms with van der Waals surface area (Å²) in [6.07, 6.45) is 3.47. The van der Waals surface area contributed by atoms with E-state index in [1.54, 1.807) is 0 Å². The van der Waals surface area contributed by atoms with Gasteiger partial charge in [0, 0.05) is 0 Å². The SMILES string of the molecule is OB(O)c1c2ccccc2c(-c2ccc3c4c(cccc24)CCC3)c2ccccc12. The first-order valence-corrected chi connectivity index (χ1v) is 10.6. The van der Waals surface area contributed by atoms with E-state index in [-0.39, 0.29) is 0 Å². The van der Waals surface area contributed by atoms with Crippen molar-refractivity contribution < 1.29 is 10.0 Å². The highest BCUT2D eigenvalue weighted by Gasteiger charge is 2.23. The highest BCUT2D eigenvalue weighted by atomic mass is 16.4. The van der Waals surface area contributed by atoms with Gasteiger partial charge in [-0.3, -0.25) is 0 Å². The molecule has 0 unspecified atom stereocenters. The van der Waals surface area contributed by atoms with E-state index in [2.05, 4.69) is 42.5 Å². The average Bonchev–Trinajstić information content (AvgIpc) is 2.78. The molecule has 144 valence electrons. The van der Waals surface area contributed by atoms with Crippen molar-refractivity contribution in [2.45, 2.75) is 19.3 Å².